The largest absolute Gasteiger partial charge is 0.391 e. The SMILES string of the molecule is Cl.OC1CNCC1CNCc1nc(-c2cc(Cl)ccc2Cl)cs1. The summed E-state index contributed by atoms with van der Waals surface area (Å²) in [7, 11) is 0. The van der Waals surface area contributed by atoms with Crippen LogP contribution in [0.5, 0.6) is 0 Å². The first-order valence-electron chi connectivity index (χ1n) is 7.13. The van der Waals surface area contributed by atoms with Crippen molar-refractivity contribution >= 4 is 46.9 Å². The highest BCUT2D eigenvalue weighted by Crippen LogP contribution is 2.31. The van der Waals surface area contributed by atoms with E-state index in [1.807, 2.05) is 11.4 Å². The summed E-state index contributed by atoms with van der Waals surface area (Å²) < 4.78 is 0. The molecule has 3 rings (SSSR count). The first-order chi connectivity index (χ1) is 10.6. The summed E-state index contributed by atoms with van der Waals surface area (Å²) in [4.78, 5) is 4.60. The molecule has 0 saturated carbocycles. The number of aliphatic hydroxyl groups excluding tert-OH is 1. The average Bonchev–Trinajstić information content (AvgIpc) is 3.12. The number of aromatic nitrogens is 1. The maximum Gasteiger partial charge on any atom is 0.107 e. The van der Waals surface area contributed by atoms with Gasteiger partial charge in [0.15, 0.2) is 0 Å². The van der Waals surface area contributed by atoms with Crippen molar-refractivity contribution in [2.24, 2.45) is 5.92 Å². The molecule has 1 saturated heterocycles. The smallest absolute Gasteiger partial charge is 0.107 e. The summed E-state index contributed by atoms with van der Waals surface area (Å²) in [5, 5.41) is 20.6. The number of thiazole rings is 1. The Morgan fingerprint density at radius 2 is 2.17 bits per heavy atom. The molecular formula is C15H18Cl3N3OS. The van der Waals surface area contributed by atoms with Gasteiger partial charge in [0.05, 0.1) is 16.8 Å². The molecule has 23 heavy (non-hydrogen) atoms. The number of β-amino-alcohol motifs (C(OH)–C–C–N with tert-alkyl or cyclic N) is 1. The lowest BCUT2D eigenvalue weighted by atomic mass is 10.1. The molecule has 2 aromatic rings. The molecule has 126 valence electrons. The topological polar surface area (TPSA) is 57.2 Å². The molecule has 1 aromatic carbocycles. The molecule has 0 radical (unpaired) electrons. The Balaban J connectivity index is 0.00000192. The summed E-state index contributed by atoms with van der Waals surface area (Å²) in [6.07, 6.45) is -0.260. The summed E-state index contributed by atoms with van der Waals surface area (Å²) >= 11 is 13.8. The van der Waals surface area contributed by atoms with Crippen molar-refractivity contribution in [3.8, 4) is 11.3 Å². The van der Waals surface area contributed by atoms with E-state index < -0.39 is 0 Å². The van der Waals surface area contributed by atoms with E-state index in [0.29, 0.717) is 23.1 Å². The van der Waals surface area contributed by atoms with Crippen molar-refractivity contribution in [3.05, 3.63) is 38.6 Å². The third-order valence-corrected chi connectivity index (χ3v) is 5.16. The Hall–Kier alpha value is -0.400. The first kappa shape index (κ1) is 18.9. The van der Waals surface area contributed by atoms with Crippen molar-refractivity contribution in [3.63, 3.8) is 0 Å². The van der Waals surface area contributed by atoms with Crippen LogP contribution in [-0.4, -0.2) is 35.8 Å². The number of aliphatic hydroxyl groups is 1. The van der Waals surface area contributed by atoms with Crippen LogP contribution in [0.3, 0.4) is 0 Å². The molecule has 2 unspecified atom stereocenters. The molecule has 0 spiro atoms. The summed E-state index contributed by atoms with van der Waals surface area (Å²) in [6, 6.07) is 5.38. The Labute approximate surface area is 155 Å². The van der Waals surface area contributed by atoms with Gasteiger partial charge in [-0.3, -0.25) is 0 Å². The zero-order valence-electron chi connectivity index (χ0n) is 12.3. The van der Waals surface area contributed by atoms with E-state index in [4.69, 9.17) is 23.2 Å². The maximum atomic E-state index is 9.75. The number of benzene rings is 1. The van der Waals surface area contributed by atoms with Gasteiger partial charge in [0, 0.05) is 48.1 Å². The number of halogens is 3. The van der Waals surface area contributed by atoms with Gasteiger partial charge in [-0.05, 0) is 18.2 Å². The van der Waals surface area contributed by atoms with Crippen molar-refractivity contribution in [1.29, 1.82) is 0 Å². The normalized spacial score (nSPS) is 20.5. The van der Waals surface area contributed by atoms with E-state index in [-0.39, 0.29) is 24.4 Å². The molecule has 1 aromatic heterocycles. The lowest BCUT2D eigenvalue weighted by Crippen LogP contribution is -2.30. The summed E-state index contributed by atoms with van der Waals surface area (Å²) in [6.45, 7) is 3.00. The highest BCUT2D eigenvalue weighted by atomic mass is 35.5. The monoisotopic (exact) mass is 393 g/mol. The third kappa shape index (κ3) is 4.79. The summed E-state index contributed by atoms with van der Waals surface area (Å²) in [5.74, 6) is 0.266. The van der Waals surface area contributed by atoms with E-state index >= 15 is 0 Å². The van der Waals surface area contributed by atoms with E-state index in [1.54, 1.807) is 23.5 Å². The number of hydrogen-bond donors (Lipinski definition) is 3. The van der Waals surface area contributed by atoms with Crippen LogP contribution in [0.2, 0.25) is 10.0 Å². The predicted octanol–water partition coefficient (Wildman–Crippen LogP) is 3.21. The van der Waals surface area contributed by atoms with Gasteiger partial charge in [-0.1, -0.05) is 23.2 Å². The number of nitrogens with zero attached hydrogens (tertiary/aromatic N) is 1. The van der Waals surface area contributed by atoms with Crippen molar-refractivity contribution in [2.75, 3.05) is 19.6 Å². The van der Waals surface area contributed by atoms with E-state index in [9.17, 15) is 5.11 Å². The minimum Gasteiger partial charge on any atom is -0.391 e. The fourth-order valence-electron chi connectivity index (χ4n) is 2.50. The highest BCUT2D eigenvalue weighted by Gasteiger charge is 2.24. The van der Waals surface area contributed by atoms with Gasteiger partial charge in [0.1, 0.15) is 5.01 Å². The molecule has 2 atom stereocenters. The molecule has 1 aliphatic rings. The molecule has 0 bridgehead atoms. The van der Waals surface area contributed by atoms with E-state index in [0.717, 1.165) is 29.4 Å². The fourth-order valence-corrected chi connectivity index (χ4v) is 3.65. The van der Waals surface area contributed by atoms with Crippen LogP contribution in [0.1, 0.15) is 5.01 Å². The molecular weight excluding hydrogens is 377 g/mol. The number of rotatable bonds is 5. The minimum atomic E-state index is -0.260. The molecule has 4 nitrogen and oxygen atoms in total. The van der Waals surface area contributed by atoms with Crippen LogP contribution < -0.4 is 10.6 Å². The zero-order valence-corrected chi connectivity index (χ0v) is 15.4. The Morgan fingerprint density at radius 3 is 2.91 bits per heavy atom. The second-order valence-corrected chi connectivity index (χ2v) is 7.15. The average molecular weight is 395 g/mol. The molecule has 8 heteroatoms. The zero-order chi connectivity index (χ0) is 15.5. The lowest BCUT2D eigenvalue weighted by Gasteiger charge is -2.13. The maximum absolute atomic E-state index is 9.75. The lowest BCUT2D eigenvalue weighted by molar-refractivity contribution is 0.146. The van der Waals surface area contributed by atoms with Gasteiger partial charge in [-0.2, -0.15) is 0 Å². The van der Waals surface area contributed by atoms with Crippen LogP contribution in [0.25, 0.3) is 11.3 Å². The number of nitrogens with one attached hydrogen (secondary N) is 2. The Bertz CT molecular complexity index is 653. The first-order valence-corrected chi connectivity index (χ1v) is 8.76. The van der Waals surface area contributed by atoms with Crippen LogP contribution >= 0.6 is 46.9 Å². The van der Waals surface area contributed by atoms with Gasteiger partial charge in [0.2, 0.25) is 0 Å². The molecule has 2 heterocycles. The van der Waals surface area contributed by atoms with E-state index in [2.05, 4.69) is 15.6 Å². The van der Waals surface area contributed by atoms with Crippen molar-refractivity contribution < 1.29 is 5.11 Å². The quantitative estimate of drug-likeness (QED) is 0.729. The van der Waals surface area contributed by atoms with Gasteiger partial charge in [-0.15, -0.1) is 23.7 Å². The standard InChI is InChI=1S/C15H17Cl2N3OS.ClH/c16-10-1-2-12(17)11(3-10)13-8-22-15(20-13)7-19-5-9-4-18-6-14(9)21;/h1-3,8-9,14,18-19,21H,4-7H2;1H. The van der Waals surface area contributed by atoms with Gasteiger partial charge >= 0.3 is 0 Å². The number of hydrogen-bond acceptors (Lipinski definition) is 5. The highest BCUT2D eigenvalue weighted by molar-refractivity contribution is 7.09. The van der Waals surface area contributed by atoms with Crippen LogP contribution in [0.4, 0.5) is 0 Å². The van der Waals surface area contributed by atoms with Crippen molar-refractivity contribution in [1.82, 2.24) is 15.6 Å². The van der Waals surface area contributed by atoms with Crippen LogP contribution in [0.15, 0.2) is 23.6 Å². The Morgan fingerprint density at radius 1 is 1.35 bits per heavy atom. The third-order valence-electron chi connectivity index (χ3n) is 3.74. The summed E-state index contributed by atoms with van der Waals surface area (Å²) in [5.41, 5.74) is 1.70. The Kier molecular flexibility index (Phi) is 7.10. The van der Waals surface area contributed by atoms with Crippen LogP contribution in [-0.2, 0) is 6.54 Å². The van der Waals surface area contributed by atoms with Gasteiger partial charge < -0.3 is 15.7 Å². The molecule has 3 N–H and O–H groups in total. The van der Waals surface area contributed by atoms with Gasteiger partial charge in [0.25, 0.3) is 0 Å². The second-order valence-electron chi connectivity index (χ2n) is 5.37. The molecule has 1 aliphatic heterocycles. The molecule has 1 fully saturated rings. The molecule has 0 aliphatic carbocycles. The van der Waals surface area contributed by atoms with Crippen LogP contribution in [0, 0.1) is 5.92 Å². The fraction of sp³-hybridized carbons (Fsp3) is 0.400. The van der Waals surface area contributed by atoms with E-state index in [1.165, 1.54) is 0 Å². The van der Waals surface area contributed by atoms with Crippen molar-refractivity contribution in [2.45, 2.75) is 12.6 Å². The van der Waals surface area contributed by atoms with Gasteiger partial charge in [-0.25, -0.2) is 4.98 Å². The predicted molar refractivity (Wildman–Crippen MR) is 98.9 cm³/mol. The molecule has 0 amide bonds. The minimum absolute atomic E-state index is 0. The second kappa shape index (κ2) is 8.62.